The van der Waals surface area contributed by atoms with Crippen LogP contribution in [0.1, 0.15) is 30.6 Å². The summed E-state index contributed by atoms with van der Waals surface area (Å²) in [6.45, 7) is 4.88. The maximum Gasteiger partial charge on any atom is 0.251 e. The molecule has 0 radical (unpaired) electrons. The molecule has 2 heterocycles. The van der Waals surface area contributed by atoms with Crippen LogP contribution in [0.15, 0.2) is 42.6 Å². The quantitative estimate of drug-likeness (QED) is 0.782. The lowest BCUT2D eigenvalue weighted by atomic mass is 10.1. The molecule has 0 aliphatic rings. The van der Waals surface area contributed by atoms with E-state index < -0.39 is 0 Å². The Morgan fingerprint density at radius 2 is 1.96 bits per heavy atom. The van der Waals surface area contributed by atoms with Gasteiger partial charge in [-0.25, -0.2) is 4.39 Å². The van der Waals surface area contributed by atoms with Crippen molar-refractivity contribution >= 4 is 11.6 Å². The summed E-state index contributed by atoms with van der Waals surface area (Å²) in [7, 11) is 0. The molecule has 0 atom stereocenters. The Kier molecular flexibility index (Phi) is 4.55. The van der Waals surface area contributed by atoms with Crippen molar-refractivity contribution in [2.75, 3.05) is 6.54 Å². The summed E-state index contributed by atoms with van der Waals surface area (Å²) in [5.74, 6) is 0.733. The molecule has 3 rings (SSSR count). The molecule has 0 spiro atoms. The van der Waals surface area contributed by atoms with Gasteiger partial charge in [0.2, 0.25) is 0 Å². The van der Waals surface area contributed by atoms with Gasteiger partial charge in [0.25, 0.3) is 5.91 Å². The third-order valence-corrected chi connectivity index (χ3v) is 3.78. The number of amides is 1. The first-order valence-corrected chi connectivity index (χ1v) is 7.93. The Balaban J connectivity index is 1.83. The molecule has 1 aromatic carbocycles. The fraction of sp³-hybridized carbons (Fsp3) is 0.278. The van der Waals surface area contributed by atoms with Gasteiger partial charge in [0, 0.05) is 23.9 Å². The van der Waals surface area contributed by atoms with Gasteiger partial charge in [-0.3, -0.25) is 9.20 Å². The van der Waals surface area contributed by atoms with Crippen molar-refractivity contribution in [1.82, 2.24) is 19.9 Å². The van der Waals surface area contributed by atoms with Crippen LogP contribution in [0.2, 0.25) is 0 Å². The fourth-order valence-electron chi connectivity index (χ4n) is 2.40. The van der Waals surface area contributed by atoms with Crippen molar-refractivity contribution in [1.29, 1.82) is 0 Å². The highest BCUT2D eigenvalue weighted by Gasteiger charge is 2.11. The van der Waals surface area contributed by atoms with Gasteiger partial charge in [-0.15, -0.1) is 10.2 Å². The van der Waals surface area contributed by atoms with E-state index in [1.807, 2.05) is 0 Å². The zero-order chi connectivity index (χ0) is 17.1. The number of rotatable bonds is 5. The van der Waals surface area contributed by atoms with Crippen LogP contribution in [0.4, 0.5) is 4.39 Å². The third-order valence-electron chi connectivity index (χ3n) is 3.78. The van der Waals surface area contributed by atoms with E-state index in [0.717, 1.165) is 12.0 Å². The number of fused-ring (bicyclic) bond motifs is 1. The standard InChI is InChI=1S/C18H19FN4O/c1-12(2)7-9-20-18(24)14-8-10-23-16(11-14)21-22-17(23)13-3-5-15(19)6-4-13/h3-6,8,10-12H,7,9H2,1-2H3,(H,20,24). The lowest BCUT2D eigenvalue weighted by molar-refractivity contribution is 0.0952. The topological polar surface area (TPSA) is 59.3 Å². The fourth-order valence-corrected chi connectivity index (χ4v) is 2.40. The number of carbonyl (C=O) groups excluding carboxylic acids is 1. The summed E-state index contributed by atoms with van der Waals surface area (Å²) in [6, 6.07) is 9.50. The molecule has 5 nitrogen and oxygen atoms in total. The zero-order valence-corrected chi connectivity index (χ0v) is 13.7. The normalized spacial score (nSPS) is 11.2. The van der Waals surface area contributed by atoms with E-state index in [1.54, 1.807) is 34.9 Å². The van der Waals surface area contributed by atoms with Crippen LogP contribution >= 0.6 is 0 Å². The van der Waals surface area contributed by atoms with Crippen LogP contribution in [0.5, 0.6) is 0 Å². The molecule has 1 N–H and O–H groups in total. The summed E-state index contributed by atoms with van der Waals surface area (Å²) < 4.78 is 14.8. The monoisotopic (exact) mass is 326 g/mol. The highest BCUT2D eigenvalue weighted by atomic mass is 19.1. The van der Waals surface area contributed by atoms with Gasteiger partial charge < -0.3 is 5.32 Å². The summed E-state index contributed by atoms with van der Waals surface area (Å²) in [4.78, 5) is 12.2. The average Bonchev–Trinajstić information content (AvgIpc) is 2.98. The molecule has 24 heavy (non-hydrogen) atoms. The molecule has 0 unspecified atom stereocenters. The number of benzene rings is 1. The Labute approximate surface area is 139 Å². The van der Waals surface area contributed by atoms with Crippen LogP contribution in [0.3, 0.4) is 0 Å². The maximum absolute atomic E-state index is 13.0. The molecule has 1 amide bonds. The molecular formula is C18H19FN4O. The number of hydrogen-bond acceptors (Lipinski definition) is 3. The summed E-state index contributed by atoms with van der Waals surface area (Å²) in [5.41, 5.74) is 1.88. The lowest BCUT2D eigenvalue weighted by Crippen LogP contribution is -2.25. The van der Waals surface area contributed by atoms with Crippen molar-refractivity contribution < 1.29 is 9.18 Å². The van der Waals surface area contributed by atoms with E-state index in [4.69, 9.17) is 0 Å². The second kappa shape index (κ2) is 6.78. The number of hydrogen-bond donors (Lipinski definition) is 1. The second-order valence-electron chi connectivity index (χ2n) is 6.11. The Morgan fingerprint density at radius 1 is 1.21 bits per heavy atom. The molecule has 3 aromatic rings. The van der Waals surface area contributed by atoms with Gasteiger partial charge in [-0.2, -0.15) is 0 Å². The van der Waals surface area contributed by atoms with Crippen molar-refractivity contribution in [2.24, 2.45) is 5.92 Å². The first-order chi connectivity index (χ1) is 11.5. The van der Waals surface area contributed by atoms with E-state index in [2.05, 4.69) is 29.4 Å². The number of aromatic nitrogens is 3. The van der Waals surface area contributed by atoms with E-state index in [1.165, 1.54) is 12.1 Å². The predicted octanol–water partition coefficient (Wildman–Crippen LogP) is 3.31. The van der Waals surface area contributed by atoms with Crippen LogP contribution in [0, 0.1) is 11.7 Å². The number of halogens is 1. The minimum atomic E-state index is -0.298. The van der Waals surface area contributed by atoms with E-state index >= 15 is 0 Å². The molecular weight excluding hydrogens is 307 g/mol. The van der Waals surface area contributed by atoms with Crippen molar-refractivity contribution in [3.63, 3.8) is 0 Å². The summed E-state index contributed by atoms with van der Waals surface area (Å²) in [5, 5.41) is 11.1. The predicted molar refractivity (Wildman–Crippen MR) is 90.2 cm³/mol. The molecule has 0 bridgehead atoms. The first kappa shape index (κ1) is 16.1. The second-order valence-corrected chi connectivity index (χ2v) is 6.11. The number of nitrogens with zero attached hydrogens (tertiary/aromatic N) is 3. The van der Waals surface area contributed by atoms with Gasteiger partial charge in [0.05, 0.1) is 0 Å². The summed E-state index contributed by atoms with van der Waals surface area (Å²) in [6.07, 6.45) is 2.69. The molecule has 0 saturated heterocycles. The molecule has 2 aromatic heterocycles. The van der Waals surface area contributed by atoms with E-state index in [9.17, 15) is 9.18 Å². The van der Waals surface area contributed by atoms with Gasteiger partial charge in [-0.1, -0.05) is 13.8 Å². The Morgan fingerprint density at radius 3 is 2.67 bits per heavy atom. The average molecular weight is 326 g/mol. The Hall–Kier alpha value is -2.76. The van der Waals surface area contributed by atoms with Crippen LogP contribution in [-0.4, -0.2) is 27.0 Å². The van der Waals surface area contributed by atoms with Crippen LogP contribution in [-0.2, 0) is 0 Å². The molecule has 0 aliphatic heterocycles. The SMILES string of the molecule is CC(C)CCNC(=O)c1ccn2c(-c3ccc(F)cc3)nnc2c1. The summed E-state index contributed by atoms with van der Waals surface area (Å²) >= 11 is 0. The Bertz CT molecular complexity index is 855. The first-order valence-electron chi connectivity index (χ1n) is 7.93. The zero-order valence-electron chi connectivity index (χ0n) is 13.7. The van der Waals surface area contributed by atoms with Crippen LogP contribution in [0.25, 0.3) is 17.0 Å². The van der Waals surface area contributed by atoms with Crippen molar-refractivity contribution in [3.05, 3.63) is 54.0 Å². The smallest absolute Gasteiger partial charge is 0.251 e. The van der Waals surface area contributed by atoms with E-state index in [0.29, 0.717) is 29.5 Å². The minimum absolute atomic E-state index is 0.121. The maximum atomic E-state index is 13.0. The number of carbonyl (C=O) groups is 1. The van der Waals surface area contributed by atoms with Crippen molar-refractivity contribution in [2.45, 2.75) is 20.3 Å². The van der Waals surface area contributed by atoms with Crippen LogP contribution < -0.4 is 5.32 Å². The van der Waals surface area contributed by atoms with Gasteiger partial charge in [0.1, 0.15) is 5.82 Å². The number of nitrogens with one attached hydrogen (secondary N) is 1. The highest BCUT2D eigenvalue weighted by Crippen LogP contribution is 2.19. The van der Waals surface area contributed by atoms with Crippen molar-refractivity contribution in [3.8, 4) is 11.4 Å². The third kappa shape index (κ3) is 3.42. The van der Waals surface area contributed by atoms with Gasteiger partial charge >= 0.3 is 0 Å². The molecule has 124 valence electrons. The molecule has 0 fully saturated rings. The largest absolute Gasteiger partial charge is 0.352 e. The molecule has 0 aliphatic carbocycles. The highest BCUT2D eigenvalue weighted by molar-refractivity contribution is 5.95. The molecule has 0 saturated carbocycles. The number of pyridine rings is 1. The lowest BCUT2D eigenvalue weighted by Gasteiger charge is -2.07. The molecule has 6 heteroatoms. The minimum Gasteiger partial charge on any atom is -0.352 e. The van der Waals surface area contributed by atoms with Gasteiger partial charge in [-0.05, 0) is 48.7 Å². The van der Waals surface area contributed by atoms with E-state index in [-0.39, 0.29) is 11.7 Å². The van der Waals surface area contributed by atoms with Gasteiger partial charge in [0.15, 0.2) is 11.5 Å².